The summed E-state index contributed by atoms with van der Waals surface area (Å²) in [6.45, 7) is 0.500. The third-order valence-electron chi connectivity index (χ3n) is 2.38. The van der Waals surface area contributed by atoms with E-state index < -0.39 is 0 Å². The highest BCUT2D eigenvalue weighted by Gasteiger charge is 2.30. The van der Waals surface area contributed by atoms with Gasteiger partial charge in [0.05, 0.1) is 19.3 Å². The minimum absolute atomic E-state index is 0.107. The minimum Gasteiger partial charge on any atom is -0.484 e. The van der Waals surface area contributed by atoms with Crippen molar-refractivity contribution in [1.29, 1.82) is 0 Å². The average Bonchev–Trinajstić information content (AvgIpc) is 2.34. The molecule has 0 aromatic heterocycles. The highest BCUT2D eigenvalue weighted by molar-refractivity contribution is 5.89. The third-order valence-corrected chi connectivity index (χ3v) is 2.38. The number of carbonyl (C=O) groups is 1. The smallest absolute Gasteiger partial charge is 0.337 e. The first-order chi connectivity index (χ1) is 7.70. The molecule has 1 aromatic carbocycles. The molecule has 1 heterocycles. The maximum absolute atomic E-state index is 11.2. The Morgan fingerprint density at radius 1 is 1.44 bits per heavy atom. The Labute approximate surface area is 93.1 Å². The molecular formula is C11H13NO4. The van der Waals surface area contributed by atoms with Crippen molar-refractivity contribution in [2.75, 3.05) is 13.7 Å². The van der Waals surface area contributed by atoms with Crippen LogP contribution in [0.5, 0.6) is 5.75 Å². The zero-order chi connectivity index (χ0) is 11.5. The van der Waals surface area contributed by atoms with Gasteiger partial charge in [-0.2, -0.15) is 0 Å². The van der Waals surface area contributed by atoms with Crippen LogP contribution in [0.4, 0.5) is 0 Å². The summed E-state index contributed by atoms with van der Waals surface area (Å²) < 4.78 is 15.1. The predicted molar refractivity (Wildman–Crippen MR) is 56.1 cm³/mol. The summed E-state index contributed by atoms with van der Waals surface area (Å²) in [5, 5.41) is 0. The Balaban J connectivity index is 1.99. The van der Waals surface area contributed by atoms with E-state index in [1.165, 1.54) is 7.11 Å². The van der Waals surface area contributed by atoms with E-state index in [-0.39, 0.29) is 18.3 Å². The van der Waals surface area contributed by atoms with Gasteiger partial charge in [-0.1, -0.05) is 0 Å². The van der Waals surface area contributed by atoms with Crippen LogP contribution in [0.25, 0.3) is 0 Å². The second-order valence-electron chi connectivity index (χ2n) is 3.47. The van der Waals surface area contributed by atoms with Crippen molar-refractivity contribution >= 4 is 5.97 Å². The lowest BCUT2D eigenvalue weighted by atomic mass is 10.2. The molecule has 5 heteroatoms. The number of benzene rings is 1. The van der Waals surface area contributed by atoms with Crippen LogP contribution in [0.2, 0.25) is 0 Å². The van der Waals surface area contributed by atoms with Gasteiger partial charge in [-0.05, 0) is 24.3 Å². The van der Waals surface area contributed by atoms with Crippen LogP contribution < -0.4 is 10.5 Å². The number of methoxy groups -OCH3 is 1. The van der Waals surface area contributed by atoms with Gasteiger partial charge in [-0.25, -0.2) is 4.79 Å². The van der Waals surface area contributed by atoms with E-state index in [0.29, 0.717) is 17.9 Å². The van der Waals surface area contributed by atoms with Gasteiger partial charge in [-0.15, -0.1) is 0 Å². The molecule has 2 rings (SSSR count). The number of carbonyl (C=O) groups excluding carboxylic acids is 1. The van der Waals surface area contributed by atoms with E-state index in [1.54, 1.807) is 24.3 Å². The van der Waals surface area contributed by atoms with Crippen molar-refractivity contribution in [3.05, 3.63) is 29.8 Å². The Morgan fingerprint density at radius 3 is 2.56 bits per heavy atom. The molecule has 0 aliphatic carbocycles. The van der Waals surface area contributed by atoms with Crippen LogP contribution in [0.1, 0.15) is 10.4 Å². The fraction of sp³-hybridized carbons (Fsp3) is 0.364. The van der Waals surface area contributed by atoms with Gasteiger partial charge in [0.15, 0.2) is 6.10 Å². The largest absolute Gasteiger partial charge is 0.484 e. The SMILES string of the molecule is COC(=O)c1ccc(OC2COC2N)cc1. The van der Waals surface area contributed by atoms with E-state index in [1.807, 2.05) is 0 Å². The molecule has 1 aromatic rings. The molecule has 2 unspecified atom stereocenters. The van der Waals surface area contributed by atoms with E-state index in [0.717, 1.165) is 0 Å². The second kappa shape index (κ2) is 4.51. The fourth-order valence-corrected chi connectivity index (χ4v) is 1.35. The lowest BCUT2D eigenvalue weighted by molar-refractivity contribution is -0.145. The van der Waals surface area contributed by atoms with Crippen molar-refractivity contribution in [2.24, 2.45) is 5.73 Å². The van der Waals surface area contributed by atoms with Crippen molar-refractivity contribution < 1.29 is 19.0 Å². The predicted octanol–water partition coefficient (Wildman–Crippen LogP) is 0.536. The molecule has 2 atom stereocenters. The maximum Gasteiger partial charge on any atom is 0.337 e. The van der Waals surface area contributed by atoms with Crippen LogP contribution in [0.15, 0.2) is 24.3 Å². The van der Waals surface area contributed by atoms with Crippen LogP contribution >= 0.6 is 0 Å². The molecule has 1 fully saturated rings. The fourth-order valence-electron chi connectivity index (χ4n) is 1.35. The third kappa shape index (κ3) is 2.15. The maximum atomic E-state index is 11.2. The van der Waals surface area contributed by atoms with Gasteiger partial charge in [-0.3, -0.25) is 0 Å². The standard InChI is InChI=1S/C11H13NO4/c1-14-11(13)7-2-4-8(5-3-7)16-9-6-15-10(9)12/h2-5,9-10H,6,12H2,1H3. The topological polar surface area (TPSA) is 70.8 Å². The number of esters is 1. The lowest BCUT2D eigenvalue weighted by Gasteiger charge is -2.33. The zero-order valence-corrected chi connectivity index (χ0v) is 8.88. The highest BCUT2D eigenvalue weighted by atomic mass is 16.6. The molecule has 1 aliphatic rings. The van der Waals surface area contributed by atoms with Gasteiger partial charge >= 0.3 is 5.97 Å². The first-order valence-electron chi connectivity index (χ1n) is 4.93. The van der Waals surface area contributed by atoms with E-state index in [4.69, 9.17) is 15.2 Å². The summed E-state index contributed by atoms with van der Waals surface area (Å²) in [6, 6.07) is 6.70. The molecule has 0 radical (unpaired) electrons. The number of hydrogen-bond acceptors (Lipinski definition) is 5. The Kier molecular flexibility index (Phi) is 3.07. The van der Waals surface area contributed by atoms with E-state index in [2.05, 4.69) is 4.74 Å². The summed E-state index contributed by atoms with van der Waals surface area (Å²) >= 11 is 0. The molecule has 86 valence electrons. The number of ether oxygens (including phenoxy) is 3. The van der Waals surface area contributed by atoms with Gasteiger partial charge in [0, 0.05) is 0 Å². The summed E-state index contributed by atoms with van der Waals surface area (Å²) in [4.78, 5) is 11.2. The molecular weight excluding hydrogens is 210 g/mol. The Hall–Kier alpha value is -1.59. The summed E-state index contributed by atoms with van der Waals surface area (Å²) in [6.07, 6.45) is -0.468. The average molecular weight is 223 g/mol. The summed E-state index contributed by atoms with van der Waals surface area (Å²) in [5.41, 5.74) is 6.04. The molecule has 2 N–H and O–H groups in total. The molecule has 1 saturated heterocycles. The summed E-state index contributed by atoms with van der Waals surface area (Å²) in [5.74, 6) is 0.298. The Bertz CT molecular complexity index is 376. The van der Waals surface area contributed by atoms with Crippen molar-refractivity contribution in [2.45, 2.75) is 12.3 Å². The van der Waals surface area contributed by atoms with Crippen LogP contribution in [-0.4, -0.2) is 32.0 Å². The Morgan fingerprint density at radius 2 is 2.12 bits per heavy atom. The first-order valence-corrected chi connectivity index (χ1v) is 4.93. The van der Waals surface area contributed by atoms with Crippen molar-refractivity contribution in [3.8, 4) is 5.75 Å². The first kappa shape index (κ1) is 10.9. The molecule has 5 nitrogen and oxygen atoms in total. The van der Waals surface area contributed by atoms with Crippen LogP contribution in [0.3, 0.4) is 0 Å². The summed E-state index contributed by atoms with van der Waals surface area (Å²) in [7, 11) is 1.34. The lowest BCUT2D eigenvalue weighted by Crippen LogP contribution is -2.54. The second-order valence-corrected chi connectivity index (χ2v) is 3.47. The normalized spacial score (nSPS) is 23.4. The molecule has 0 bridgehead atoms. The van der Waals surface area contributed by atoms with E-state index in [9.17, 15) is 4.79 Å². The van der Waals surface area contributed by atoms with Gasteiger partial charge in [0.2, 0.25) is 0 Å². The van der Waals surface area contributed by atoms with Crippen LogP contribution in [0, 0.1) is 0 Å². The van der Waals surface area contributed by atoms with Crippen molar-refractivity contribution in [1.82, 2.24) is 0 Å². The quantitative estimate of drug-likeness (QED) is 0.757. The minimum atomic E-state index is -0.366. The van der Waals surface area contributed by atoms with Crippen molar-refractivity contribution in [3.63, 3.8) is 0 Å². The molecule has 1 aliphatic heterocycles. The molecule has 0 amide bonds. The molecule has 0 saturated carbocycles. The van der Waals surface area contributed by atoms with E-state index >= 15 is 0 Å². The van der Waals surface area contributed by atoms with Gasteiger partial charge in [0.1, 0.15) is 12.0 Å². The number of rotatable bonds is 3. The highest BCUT2D eigenvalue weighted by Crippen LogP contribution is 2.19. The van der Waals surface area contributed by atoms with Gasteiger partial charge in [0.25, 0.3) is 0 Å². The number of hydrogen-bond donors (Lipinski definition) is 1. The monoisotopic (exact) mass is 223 g/mol. The molecule has 16 heavy (non-hydrogen) atoms. The zero-order valence-electron chi connectivity index (χ0n) is 8.88. The van der Waals surface area contributed by atoms with Crippen LogP contribution in [-0.2, 0) is 9.47 Å². The molecule has 0 spiro atoms. The number of nitrogens with two attached hydrogens (primary N) is 1. The van der Waals surface area contributed by atoms with Gasteiger partial charge < -0.3 is 19.9 Å².